The van der Waals surface area contributed by atoms with E-state index in [0.29, 0.717) is 11.6 Å². The van der Waals surface area contributed by atoms with Gasteiger partial charge in [0.05, 0.1) is 5.02 Å². The van der Waals surface area contributed by atoms with Crippen LogP contribution in [0.15, 0.2) is 18.2 Å². The normalized spacial score (nSPS) is 12.1. The number of benzene rings is 1. The lowest BCUT2D eigenvalue weighted by Crippen LogP contribution is -2.08. The molecule has 90 valence electrons. The van der Waals surface area contributed by atoms with Crippen LogP contribution in [0.4, 0.5) is 17.6 Å². The van der Waals surface area contributed by atoms with Crippen molar-refractivity contribution < 1.29 is 17.6 Å². The van der Waals surface area contributed by atoms with Gasteiger partial charge >= 0.3 is 6.18 Å². The Morgan fingerprint density at radius 3 is 2.47 bits per heavy atom. The fourth-order valence-corrected chi connectivity index (χ4v) is 1.91. The summed E-state index contributed by atoms with van der Waals surface area (Å²) in [5, 5.41) is 0.0546. The van der Waals surface area contributed by atoms with Gasteiger partial charge in [0.1, 0.15) is 17.0 Å². The molecule has 0 aliphatic rings. The van der Waals surface area contributed by atoms with Crippen molar-refractivity contribution in [1.29, 1.82) is 0 Å². The minimum Gasteiger partial charge on any atom is -0.240 e. The van der Waals surface area contributed by atoms with Gasteiger partial charge in [0.2, 0.25) is 0 Å². The van der Waals surface area contributed by atoms with Crippen molar-refractivity contribution >= 4 is 22.5 Å². The summed E-state index contributed by atoms with van der Waals surface area (Å²) < 4.78 is 50.9. The van der Waals surface area contributed by atoms with Crippen molar-refractivity contribution in [3.63, 3.8) is 0 Å². The number of hydrogen-bond donors (Lipinski definition) is 0. The number of nitrogens with zero attached hydrogens (tertiary/aromatic N) is 1. The lowest BCUT2D eigenvalue weighted by atomic mass is 10.1. The molecule has 0 radical (unpaired) electrons. The zero-order chi connectivity index (χ0) is 12.8. The topological polar surface area (TPSA) is 12.9 Å². The van der Waals surface area contributed by atoms with Crippen LogP contribution >= 0.6 is 11.6 Å². The molecule has 2 rings (SSSR count). The highest BCUT2D eigenvalue weighted by Gasteiger charge is 2.33. The minimum atomic E-state index is -4.64. The van der Waals surface area contributed by atoms with E-state index in [9.17, 15) is 17.6 Å². The summed E-state index contributed by atoms with van der Waals surface area (Å²) in [5.41, 5.74) is -0.975. The molecule has 0 bridgehead atoms. The predicted octanol–water partition coefficient (Wildman–Crippen LogP) is 4.35. The summed E-state index contributed by atoms with van der Waals surface area (Å²) in [7, 11) is 0. The van der Waals surface area contributed by atoms with Crippen molar-refractivity contribution in [1.82, 2.24) is 4.98 Å². The van der Waals surface area contributed by atoms with E-state index in [-0.39, 0.29) is 15.9 Å². The van der Waals surface area contributed by atoms with Crippen molar-refractivity contribution in [3.05, 3.63) is 40.3 Å². The standard InChI is InChI=1S/C11H6ClF4N/c1-5-2-3-7(13)10-9(5)6(12)4-8(17-10)11(14,15)16/h2-4H,1H3. The third-order valence-corrected chi connectivity index (χ3v) is 2.66. The Morgan fingerprint density at radius 1 is 1.24 bits per heavy atom. The molecule has 0 amide bonds. The second-order valence-electron chi connectivity index (χ2n) is 3.57. The average Bonchev–Trinajstić information content (AvgIpc) is 2.21. The first kappa shape index (κ1) is 12.1. The molecule has 0 unspecified atom stereocenters. The first-order chi connectivity index (χ1) is 7.80. The van der Waals surface area contributed by atoms with E-state index >= 15 is 0 Å². The number of alkyl halides is 3. The second-order valence-corrected chi connectivity index (χ2v) is 3.98. The Bertz CT molecular complexity index is 592. The van der Waals surface area contributed by atoms with Crippen LogP contribution in [0, 0.1) is 12.7 Å². The van der Waals surface area contributed by atoms with Crippen LogP contribution in [-0.4, -0.2) is 4.98 Å². The summed E-state index contributed by atoms with van der Waals surface area (Å²) in [4.78, 5) is 3.28. The van der Waals surface area contributed by atoms with Gasteiger partial charge in [0, 0.05) is 5.39 Å². The second kappa shape index (κ2) is 3.84. The van der Waals surface area contributed by atoms with E-state index in [1.54, 1.807) is 6.92 Å². The third-order valence-electron chi connectivity index (χ3n) is 2.36. The molecule has 1 nitrogen and oxygen atoms in total. The number of halogens is 5. The van der Waals surface area contributed by atoms with Crippen LogP contribution in [0.25, 0.3) is 10.9 Å². The van der Waals surface area contributed by atoms with Crippen molar-refractivity contribution in [2.45, 2.75) is 13.1 Å². The molecule has 1 heterocycles. The first-order valence-corrected chi connectivity index (χ1v) is 5.01. The fourth-order valence-electron chi connectivity index (χ4n) is 1.57. The number of hydrogen-bond acceptors (Lipinski definition) is 1. The maximum absolute atomic E-state index is 13.4. The van der Waals surface area contributed by atoms with Gasteiger partial charge < -0.3 is 0 Å². The quantitative estimate of drug-likeness (QED) is 0.644. The van der Waals surface area contributed by atoms with Gasteiger partial charge in [-0.1, -0.05) is 17.7 Å². The molecule has 1 aromatic carbocycles. The molecule has 6 heteroatoms. The molecule has 1 aromatic heterocycles. The van der Waals surface area contributed by atoms with Crippen LogP contribution in [0.5, 0.6) is 0 Å². The van der Waals surface area contributed by atoms with Crippen molar-refractivity contribution in [3.8, 4) is 0 Å². The number of rotatable bonds is 0. The van der Waals surface area contributed by atoms with Gasteiger partial charge in [-0.15, -0.1) is 0 Å². The number of aryl methyl sites for hydroxylation is 1. The molecule has 17 heavy (non-hydrogen) atoms. The van der Waals surface area contributed by atoms with E-state index in [0.717, 1.165) is 6.07 Å². The largest absolute Gasteiger partial charge is 0.433 e. The van der Waals surface area contributed by atoms with Crippen LogP contribution in [0.1, 0.15) is 11.3 Å². The maximum atomic E-state index is 13.4. The Labute approximate surface area is 99.0 Å². The van der Waals surface area contributed by atoms with Crippen LogP contribution in [0.2, 0.25) is 5.02 Å². The smallest absolute Gasteiger partial charge is 0.240 e. The number of aromatic nitrogens is 1. The summed E-state index contributed by atoms with van der Waals surface area (Å²) in [6, 6.07) is 3.22. The van der Waals surface area contributed by atoms with E-state index < -0.39 is 17.7 Å². The summed E-state index contributed by atoms with van der Waals surface area (Å²) in [6.07, 6.45) is -4.64. The van der Waals surface area contributed by atoms with Gasteiger partial charge in [0.25, 0.3) is 0 Å². The van der Waals surface area contributed by atoms with E-state index in [1.165, 1.54) is 6.07 Å². The van der Waals surface area contributed by atoms with Crippen LogP contribution in [-0.2, 0) is 6.18 Å². The van der Waals surface area contributed by atoms with Gasteiger partial charge in [-0.05, 0) is 24.6 Å². The van der Waals surface area contributed by atoms with Gasteiger partial charge in [-0.3, -0.25) is 0 Å². The highest BCUT2D eigenvalue weighted by molar-refractivity contribution is 6.35. The van der Waals surface area contributed by atoms with Crippen molar-refractivity contribution in [2.24, 2.45) is 0 Å². The van der Waals surface area contributed by atoms with E-state index in [2.05, 4.69) is 4.98 Å². The Morgan fingerprint density at radius 2 is 1.88 bits per heavy atom. The van der Waals surface area contributed by atoms with Gasteiger partial charge in [-0.25, -0.2) is 9.37 Å². The van der Waals surface area contributed by atoms with Crippen LogP contribution in [0.3, 0.4) is 0 Å². The molecule has 0 spiro atoms. The zero-order valence-electron chi connectivity index (χ0n) is 8.57. The Hall–Kier alpha value is -1.36. The molecular weight excluding hydrogens is 258 g/mol. The summed E-state index contributed by atoms with van der Waals surface area (Å²) in [5.74, 6) is -0.821. The number of fused-ring (bicyclic) bond motifs is 1. The van der Waals surface area contributed by atoms with E-state index in [1.807, 2.05) is 0 Å². The van der Waals surface area contributed by atoms with Gasteiger partial charge in [-0.2, -0.15) is 13.2 Å². The van der Waals surface area contributed by atoms with Crippen LogP contribution < -0.4 is 0 Å². The van der Waals surface area contributed by atoms with Gasteiger partial charge in [0.15, 0.2) is 0 Å². The maximum Gasteiger partial charge on any atom is 0.433 e. The predicted molar refractivity (Wildman–Crippen MR) is 56.5 cm³/mol. The molecule has 0 aliphatic carbocycles. The Kier molecular flexibility index (Phi) is 2.73. The molecule has 0 atom stereocenters. The molecule has 0 N–H and O–H groups in total. The summed E-state index contributed by atoms with van der Waals surface area (Å²) in [6.45, 7) is 1.63. The lowest BCUT2D eigenvalue weighted by molar-refractivity contribution is -0.140. The SMILES string of the molecule is Cc1ccc(F)c2nc(C(F)(F)F)cc(Cl)c12. The highest BCUT2D eigenvalue weighted by atomic mass is 35.5. The monoisotopic (exact) mass is 263 g/mol. The van der Waals surface area contributed by atoms with E-state index in [4.69, 9.17) is 11.6 Å². The third kappa shape index (κ3) is 2.07. The summed E-state index contributed by atoms with van der Waals surface area (Å²) >= 11 is 5.74. The zero-order valence-corrected chi connectivity index (χ0v) is 9.33. The molecular formula is C11H6ClF4N. The molecule has 2 aromatic rings. The minimum absolute atomic E-state index is 0.153. The average molecular weight is 264 g/mol. The lowest BCUT2D eigenvalue weighted by Gasteiger charge is -2.10. The Balaban J connectivity index is 2.87. The fraction of sp³-hybridized carbons (Fsp3) is 0.182. The molecule has 0 fully saturated rings. The molecule has 0 saturated carbocycles. The molecule has 0 aliphatic heterocycles. The highest BCUT2D eigenvalue weighted by Crippen LogP contribution is 2.34. The first-order valence-electron chi connectivity index (χ1n) is 4.63. The van der Waals surface area contributed by atoms with Crippen molar-refractivity contribution in [2.75, 3.05) is 0 Å². The number of pyridine rings is 1. The molecule has 0 saturated heterocycles.